The fraction of sp³-hybridized carbons (Fsp3) is 0.278. The van der Waals surface area contributed by atoms with Crippen molar-refractivity contribution in [3.05, 3.63) is 64.7 Å². The second-order valence-corrected chi connectivity index (χ2v) is 5.13. The summed E-state index contributed by atoms with van der Waals surface area (Å²) in [6.07, 6.45) is 0. The van der Waals surface area contributed by atoms with Gasteiger partial charge in [-0.25, -0.2) is 0 Å². The highest BCUT2D eigenvalue weighted by Gasteiger charge is 2.07. The fourth-order valence-corrected chi connectivity index (χ4v) is 2.26. The standard InChI is InChI=1S/C18H20N2O/c1-13-9-15(11-19)7-8-17(13)12-20-14(2)16-5-4-6-18(10-16)21-3/h4-10,14,20H,12H2,1-3H3/t14-/m1/s1. The van der Waals surface area contributed by atoms with E-state index in [0.717, 1.165) is 17.9 Å². The third-order valence-corrected chi connectivity index (χ3v) is 3.66. The van der Waals surface area contributed by atoms with Gasteiger partial charge in [-0.3, -0.25) is 0 Å². The number of benzene rings is 2. The first-order valence-corrected chi connectivity index (χ1v) is 7.01. The van der Waals surface area contributed by atoms with Crippen LogP contribution in [0, 0.1) is 18.3 Å². The number of rotatable bonds is 5. The molecule has 2 aromatic rings. The lowest BCUT2D eigenvalue weighted by atomic mass is 10.0. The van der Waals surface area contributed by atoms with E-state index in [0.29, 0.717) is 5.56 Å². The number of nitriles is 1. The Morgan fingerprint density at radius 1 is 1.24 bits per heavy atom. The minimum atomic E-state index is 0.232. The van der Waals surface area contributed by atoms with Gasteiger partial charge in [0.25, 0.3) is 0 Å². The lowest BCUT2D eigenvalue weighted by molar-refractivity contribution is 0.413. The highest BCUT2D eigenvalue weighted by atomic mass is 16.5. The van der Waals surface area contributed by atoms with E-state index in [2.05, 4.69) is 24.4 Å². The molecule has 2 rings (SSSR count). The maximum atomic E-state index is 8.89. The molecule has 0 radical (unpaired) electrons. The van der Waals surface area contributed by atoms with Crippen molar-refractivity contribution in [2.24, 2.45) is 0 Å². The van der Waals surface area contributed by atoms with Gasteiger partial charge in [-0.05, 0) is 54.8 Å². The number of ether oxygens (including phenoxy) is 1. The normalized spacial score (nSPS) is 11.7. The van der Waals surface area contributed by atoms with Crippen LogP contribution in [-0.2, 0) is 6.54 Å². The van der Waals surface area contributed by atoms with Crippen LogP contribution in [0.4, 0.5) is 0 Å². The fourth-order valence-electron chi connectivity index (χ4n) is 2.26. The van der Waals surface area contributed by atoms with E-state index >= 15 is 0 Å². The van der Waals surface area contributed by atoms with Crippen molar-refractivity contribution in [2.45, 2.75) is 26.4 Å². The van der Waals surface area contributed by atoms with Crippen LogP contribution < -0.4 is 10.1 Å². The Balaban J connectivity index is 2.04. The number of aryl methyl sites for hydroxylation is 1. The second kappa shape index (κ2) is 6.92. The van der Waals surface area contributed by atoms with Gasteiger partial charge in [0.2, 0.25) is 0 Å². The van der Waals surface area contributed by atoms with Crippen LogP contribution in [-0.4, -0.2) is 7.11 Å². The molecular formula is C18H20N2O. The predicted molar refractivity (Wildman–Crippen MR) is 84.1 cm³/mol. The summed E-state index contributed by atoms with van der Waals surface area (Å²) in [7, 11) is 1.68. The van der Waals surface area contributed by atoms with Crippen LogP contribution in [0.3, 0.4) is 0 Å². The van der Waals surface area contributed by atoms with Gasteiger partial charge in [0.05, 0.1) is 18.7 Å². The first-order valence-electron chi connectivity index (χ1n) is 7.01. The first-order chi connectivity index (χ1) is 10.1. The first kappa shape index (κ1) is 15.1. The summed E-state index contributed by atoms with van der Waals surface area (Å²) in [5.41, 5.74) is 4.25. The molecule has 0 saturated carbocycles. The molecule has 2 aromatic carbocycles. The van der Waals surface area contributed by atoms with Crippen molar-refractivity contribution in [3.63, 3.8) is 0 Å². The summed E-state index contributed by atoms with van der Waals surface area (Å²) in [5, 5.41) is 12.4. The predicted octanol–water partition coefficient (Wildman–Crippen LogP) is 3.73. The van der Waals surface area contributed by atoms with E-state index in [4.69, 9.17) is 10.00 Å². The molecule has 3 heteroatoms. The van der Waals surface area contributed by atoms with Crippen LogP contribution in [0.25, 0.3) is 0 Å². The van der Waals surface area contributed by atoms with Crippen LogP contribution in [0.1, 0.15) is 35.2 Å². The molecule has 0 fully saturated rings. The Bertz CT molecular complexity index is 659. The number of hydrogen-bond donors (Lipinski definition) is 1. The van der Waals surface area contributed by atoms with E-state index < -0.39 is 0 Å². The van der Waals surface area contributed by atoms with Gasteiger partial charge in [0.1, 0.15) is 5.75 Å². The van der Waals surface area contributed by atoms with Gasteiger partial charge >= 0.3 is 0 Å². The Morgan fingerprint density at radius 3 is 2.71 bits per heavy atom. The highest BCUT2D eigenvalue weighted by Crippen LogP contribution is 2.19. The van der Waals surface area contributed by atoms with Crippen molar-refractivity contribution in [1.82, 2.24) is 5.32 Å². The van der Waals surface area contributed by atoms with E-state index in [9.17, 15) is 0 Å². The number of nitrogens with zero attached hydrogens (tertiary/aromatic N) is 1. The van der Waals surface area contributed by atoms with Crippen LogP contribution in [0.15, 0.2) is 42.5 Å². The monoisotopic (exact) mass is 280 g/mol. The number of methoxy groups -OCH3 is 1. The lowest BCUT2D eigenvalue weighted by Crippen LogP contribution is -2.18. The van der Waals surface area contributed by atoms with Gasteiger partial charge in [-0.1, -0.05) is 18.2 Å². The van der Waals surface area contributed by atoms with Gasteiger partial charge in [-0.15, -0.1) is 0 Å². The molecule has 0 unspecified atom stereocenters. The Hall–Kier alpha value is -2.31. The zero-order valence-electron chi connectivity index (χ0n) is 12.7. The van der Waals surface area contributed by atoms with Crippen molar-refractivity contribution < 1.29 is 4.74 Å². The van der Waals surface area contributed by atoms with E-state index in [-0.39, 0.29) is 6.04 Å². The maximum Gasteiger partial charge on any atom is 0.119 e. The molecular weight excluding hydrogens is 260 g/mol. The average Bonchev–Trinajstić information content (AvgIpc) is 2.53. The minimum absolute atomic E-state index is 0.232. The maximum absolute atomic E-state index is 8.89. The third-order valence-electron chi connectivity index (χ3n) is 3.66. The van der Waals surface area contributed by atoms with Crippen LogP contribution >= 0.6 is 0 Å². The zero-order chi connectivity index (χ0) is 15.2. The summed E-state index contributed by atoms with van der Waals surface area (Å²) >= 11 is 0. The van der Waals surface area contributed by atoms with Crippen LogP contribution in [0.5, 0.6) is 5.75 Å². The topological polar surface area (TPSA) is 45.0 Å². The molecule has 0 aromatic heterocycles. The molecule has 0 spiro atoms. The highest BCUT2D eigenvalue weighted by molar-refractivity contribution is 5.37. The summed E-state index contributed by atoms with van der Waals surface area (Å²) in [6.45, 7) is 4.94. The molecule has 0 amide bonds. The average molecular weight is 280 g/mol. The molecule has 0 bridgehead atoms. The largest absolute Gasteiger partial charge is 0.497 e. The zero-order valence-corrected chi connectivity index (χ0v) is 12.7. The minimum Gasteiger partial charge on any atom is -0.497 e. The SMILES string of the molecule is COc1cccc([C@@H](C)NCc2ccc(C#N)cc2C)c1. The lowest BCUT2D eigenvalue weighted by Gasteiger charge is -2.16. The van der Waals surface area contributed by atoms with Crippen LogP contribution in [0.2, 0.25) is 0 Å². The Kier molecular flexibility index (Phi) is 4.97. The number of nitrogens with one attached hydrogen (secondary N) is 1. The molecule has 0 aliphatic rings. The van der Waals surface area contributed by atoms with Gasteiger partial charge in [0, 0.05) is 12.6 Å². The molecule has 0 heterocycles. The molecule has 3 nitrogen and oxygen atoms in total. The molecule has 1 atom stereocenters. The van der Waals surface area contributed by atoms with E-state index in [1.54, 1.807) is 7.11 Å². The van der Waals surface area contributed by atoms with Gasteiger partial charge < -0.3 is 10.1 Å². The summed E-state index contributed by atoms with van der Waals surface area (Å²) in [6, 6.07) is 16.3. The molecule has 108 valence electrons. The van der Waals surface area contributed by atoms with E-state index in [1.165, 1.54) is 11.1 Å². The summed E-state index contributed by atoms with van der Waals surface area (Å²) in [4.78, 5) is 0. The van der Waals surface area contributed by atoms with Crippen molar-refractivity contribution >= 4 is 0 Å². The molecule has 21 heavy (non-hydrogen) atoms. The van der Waals surface area contributed by atoms with Crippen molar-refractivity contribution in [2.75, 3.05) is 7.11 Å². The second-order valence-electron chi connectivity index (χ2n) is 5.13. The molecule has 0 aliphatic heterocycles. The summed E-state index contributed by atoms with van der Waals surface area (Å²) in [5.74, 6) is 0.871. The molecule has 0 aliphatic carbocycles. The molecule has 1 N–H and O–H groups in total. The Labute approximate surface area is 126 Å². The van der Waals surface area contributed by atoms with Gasteiger partial charge in [0.15, 0.2) is 0 Å². The van der Waals surface area contributed by atoms with E-state index in [1.807, 2.05) is 43.3 Å². The quantitative estimate of drug-likeness (QED) is 0.907. The molecule has 0 saturated heterocycles. The van der Waals surface area contributed by atoms with Crippen molar-refractivity contribution in [1.29, 1.82) is 5.26 Å². The number of hydrogen-bond acceptors (Lipinski definition) is 3. The van der Waals surface area contributed by atoms with Crippen molar-refractivity contribution in [3.8, 4) is 11.8 Å². The third kappa shape index (κ3) is 3.84. The smallest absolute Gasteiger partial charge is 0.119 e. The summed E-state index contributed by atoms with van der Waals surface area (Å²) < 4.78 is 5.25. The van der Waals surface area contributed by atoms with Gasteiger partial charge in [-0.2, -0.15) is 5.26 Å². The Morgan fingerprint density at radius 2 is 2.05 bits per heavy atom.